The number of nitrogens with zero attached hydrogens (tertiary/aromatic N) is 4. The van der Waals surface area contributed by atoms with Crippen LogP contribution in [0.15, 0.2) is 18.2 Å². The lowest BCUT2D eigenvalue weighted by atomic mass is 10.0. The summed E-state index contributed by atoms with van der Waals surface area (Å²) in [4.78, 5) is 40.8. The molecule has 0 spiro atoms. The lowest BCUT2D eigenvalue weighted by molar-refractivity contribution is -0.143. The van der Waals surface area contributed by atoms with Crippen LogP contribution < -0.4 is 0 Å². The Kier molecular flexibility index (Phi) is 13.5. The first-order chi connectivity index (χ1) is 19.5. The number of carbonyl (C=O) groups is 3. The van der Waals surface area contributed by atoms with Crippen LogP contribution in [0.4, 0.5) is 26.3 Å². The van der Waals surface area contributed by atoms with Crippen molar-refractivity contribution in [3.05, 3.63) is 34.9 Å². The van der Waals surface area contributed by atoms with Gasteiger partial charge in [0.25, 0.3) is 0 Å². The van der Waals surface area contributed by atoms with Crippen molar-refractivity contribution < 1.29 is 56.0 Å². The predicted molar refractivity (Wildman–Crippen MR) is 138 cm³/mol. The highest BCUT2D eigenvalue weighted by Crippen LogP contribution is 2.36. The molecule has 16 heteroatoms. The molecule has 0 saturated carbocycles. The zero-order valence-electron chi connectivity index (χ0n) is 23.0. The van der Waals surface area contributed by atoms with Crippen LogP contribution in [0.2, 0.25) is 0 Å². The summed E-state index contributed by atoms with van der Waals surface area (Å²) in [6.07, 6.45) is -9.24. The predicted octanol–water partition coefficient (Wildman–Crippen LogP) is 2.52. The molecule has 10 nitrogen and oxygen atoms in total. The van der Waals surface area contributed by atoms with Gasteiger partial charge in [-0.3, -0.25) is 29.1 Å². The summed E-state index contributed by atoms with van der Waals surface area (Å²) >= 11 is 0. The van der Waals surface area contributed by atoms with Crippen molar-refractivity contribution >= 4 is 17.9 Å². The number of aliphatic carboxylic acids is 3. The fourth-order valence-electron chi connectivity index (χ4n) is 4.77. The van der Waals surface area contributed by atoms with E-state index in [1.54, 1.807) is 14.7 Å². The fourth-order valence-corrected chi connectivity index (χ4v) is 4.77. The van der Waals surface area contributed by atoms with Gasteiger partial charge in [-0.15, -0.1) is 0 Å². The van der Waals surface area contributed by atoms with Crippen LogP contribution in [-0.4, -0.2) is 131 Å². The largest absolute Gasteiger partial charge is 0.480 e. The first-order valence-corrected chi connectivity index (χ1v) is 13.4. The highest BCUT2D eigenvalue weighted by molar-refractivity contribution is 5.69. The van der Waals surface area contributed by atoms with Crippen LogP contribution in [0.25, 0.3) is 0 Å². The molecule has 1 saturated heterocycles. The molecule has 1 aromatic carbocycles. The molecule has 0 aromatic heterocycles. The number of carboxylic acids is 3. The fraction of sp³-hybridized carbons (Fsp3) is 0.654. The Hall–Kier alpha value is -2.95. The van der Waals surface area contributed by atoms with Gasteiger partial charge in [-0.1, -0.05) is 0 Å². The molecule has 1 aliphatic heterocycles. The Bertz CT molecular complexity index is 1020. The van der Waals surface area contributed by atoms with Crippen molar-refractivity contribution in [3.8, 4) is 0 Å². The minimum Gasteiger partial charge on any atom is -0.480 e. The molecule has 0 radical (unpaired) electrons. The summed E-state index contributed by atoms with van der Waals surface area (Å²) < 4.78 is 79.8. The zero-order valence-corrected chi connectivity index (χ0v) is 23.0. The lowest BCUT2D eigenvalue weighted by Gasteiger charge is -2.31. The molecule has 1 aliphatic rings. The Balaban J connectivity index is 2.24. The molecule has 0 amide bonds. The Morgan fingerprint density at radius 1 is 0.571 bits per heavy atom. The SMILES string of the molecule is O=C(O)CN1CCCN(CC(=O)O)CCN(CC(=O)O)CCCN(CCc2cc(C(F)(F)F)cc(C(F)(F)F)c2)CC1. The average Bonchev–Trinajstić information content (AvgIpc) is 2.85. The lowest BCUT2D eigenvalue weighted by Crippen LogP contribution is -2.44. The average molecular weight is 615 g/mol. The van der Waals surface area contributed by atoms with E-state index in [1.807, 2.05) is 4.90 Å². The number of benzene rings is 1. The smallest absolute Gasteiger partial charge is 0.416 e. The molecule has 0 aliphatic carbocycles. The standard InChI is InChI=1S/C26H36F6N4O6/c27-25(28,29)20-13-19(14-21(15-20)26(30,31)32)3-8-33-4-1-5-35(17-23(39)40)11-12-36(18-24(41)42)7-2-6-34(10-9-33)16-22(37)38/h13-15H,1-12,16-18H2,(H,37,38)(H,39,40)(H,41,42). The molecule has 238 valence electrons. The van der Waals surface area contributed by atoms with E-state index >= 15 is 0 Å². The van der Waals surface area contributed by atoms with Crippen LogP contribution in [0.5, 0.6) is 0 Å². The van der Waals surface area contributed by atoms with Gasteiger partial charge in [0, 0.05) is 52.4 Å². The topological polar surface area (TPSA) is 125 Å². The van der Waals surface area contributed by atoms with Gasteiger partial charge in [-0.05, 0) is 49.6 Å². The van der Waals surface area contributed by atoms with Gasteiger partial charge < -0.3 is 20.2 Å². The van der Waals surface area contributed by atoms with Gasteiger partial charge in [0.05, 0.1) is 30.8 Å². The maximum atomic E-state index is 13.3. The van der Waals surface area contributed by atoms with Crippen molar-refractivity contribution in [1.29, 1.82) is 0 Å². The minimum atomic E-state index is -4.97. The molecule has 1 heterocycles. The van der Waals surface area contributed by atoms with Crippen molar-refractivity contribution in [2.24, 2.45) is 0 Å². The van der Waals surface area contributed by atoms with Gasteiger partial charge in [0.15, 0.2) is 0 Å². The van der Waals surface area contributed by atoms with Gasteiger partial charge >= 0.3 is 30.3 Å². The molecule has 42 heavy (non-hydrogen) atoms. The molecular formula is C26H36F6N4O6. The van der Waals surface area contributed by atoms with Gasteiger partial charge in [-0.2, -0.15) is 26.3 Å². The van der Waals surface area contributed by atoms with E-state index < -0.39 is 41.4 Å². The van der Waals surface area contributed by atoms with Crippen molar-refractivity contribution in [2.75, 3.05) is 78.5 Å². The van der Waals surface area contributed by atoms with Crippen LogP contribution >= 0.6 is 0 Å². The first-order valence-electron chi connectivity index (χ1n) is 13.4. The molecule has 0 unspecified atom stereocenters. The Morgan fingerprint density at radius 3 is 1.24 bits per heavy atom. The second-order valence-corrected chi connectivity index (χ2v) is 10.2. The second kappa shape index (κ2) is 16.0. The molecule has 0 bridgehead atoms. The van der Waals surface area contributed by atoms with E-state index in [1.165, 1.54) is 0 Å². The second-order valence-electron chi connectivity index (χ2n) is 10.2. The maximum Gasteiger partial charge on any atom is 0.416 e. The number of hydrogen-bond donors (Lipinski definition) is 3. The molecule has 0 atom stereocenters. The normalized spacial score (nSPS) is 18.4. The van der Waals surface area contributed by atoms with E-state index in [0.29, 0.717) is 51.2 Å². The van der Waals surface area contributed by atoms with E-state index in [4.69, 9.17) is 0 Å². The summed E-state index contributed by atoms with van der Waals surface area (Å²) in [6, 6.07) is 1.45. The third-order valence-corrected chi connectivity index (χ3v) is 6.80. The molecular weight excluding hydrogens is 578 g/mol. The van der Waals surface area contributed by atoms with Crippen molar-refractivity contribution in [3.63, 3.8) is 0 Å². The Morgan fingerprint density at radius 2 is 0.905 bits per heavy atom. The van der Waals surface area contributed by atoms with Crippen LogP contribution in [0.3, 0.4) is 0 Å². The van der Waals surface area contributed by atoms with Crippen LogP contribution in [0.1, 0.15) is 29.5 Å². The van der Waals surface area contributed by atoms with E-state index in [0.717, 1.165) is 0 Å². The van der Waals surface area contributed by atoms with E-state index in [-0.39, 0.29) is 70.4 Å². The molecule has 2 rings (SSSR count). The quantitative estimate of drug-likeness (QED) is 0.358. The van der Waals surface area contributed by atoms with Crippen LogP contribution in [-0.2, 0) is 33.2 Å². The highest BCUT2D eigenvalue weighted by atomic mass is 19.4. The number of rotatable bonds is 9. The summed E-state index contributed by atoms with van der Waals surface area (Å²) in [5, 5.41) is 27.9. The van der Waals surface area contributed by atoms with Crippen molar-refractivity contribution in [2.45, 2.75) is 31.6 Å². The molecule has 3 N–H and O–H groups in total. The minimum absolute atomic E-state index is 0.0731. The number of carboxylic acid groups (broad SMARTS) is 3. The summed E-state index contributed by atoms with van der Waals surface area (Å²) in [6.45, 7) is 1.48. The van der Waals surface area contributed by atoms with Gasteiger partial charge in [0.2, 0.25) is 0 Å². The van der Waals surface area contributed by atoms with Crippen LogP contribution in [0, 0.1) is 0 Å². The van der Waals surface area contributed by atoms with Crippen molar-refractivity contribution in [1.82, 2.24) is 19.6 Å². The monoisotopic (exact) mass is 614 g/mol. The highest BCUT2D eigenvalue weighted by Gasteiger charge is 2.36. The third kappa shape index (κ3) is 13.4. The first kappa shape index (κ1) is 35.2. The van der Waals surface area contributed by atoms with E-state index in [9.17, 15) is 56.0 Å². The summed E-state index contributed by atoms with van der Waals surface area (Å²) in [5.41, 5.74) is -2.95. The molecule has 1 aromatic rings. The number of hydrogen-bond acceptors (Lipinski definition) is 7. The number of halogens is 6. The summed E-state index contributed by atoms with van der Waals surface area (Å²) in [5.74, 6) is -3.22. The Labute approximate surface area is 239 Å². The third-order valence-electron chi connectivity index (χ3n) is 6.80. The number of alkyl halides is 6. The molecule has 1 fully saturated rings. The van der Waals surface area contributed by atoms with E-state index in [2.05, 4.69) is 0 Å². The zero-order chi connectivity index (χ0) is 31.5. The van der Waals surface area contributed by atoms with Gasteiger partial charge in [0.1, 0.15) is 0 Å². The van der Waals surface area contributed by atoms with Gasteiger partial charge in [-0.25, -0.2) is 0 Å². The summed E-state index contributed by atoms with van der Waals surface area (Å²) in [7, 11) is 0. The maximum absolute atomic E-state index is 13.3.